The highest BCUT2D eigenvalue weighted by Crippen LogP contribution is 2.42. The van der Waals surface area contributed by atoms with Crippen LogP contribution >= 0.6 is 0 Å². The van der Waals surface area contributed by atoms with Crippen LogP contribution in [0.25, 0.3) is 0 Å². The van der Waals surface area contributed by atoms with Crippen LogP contribution < -0.4 is 4.43 Å². The quantitative estimate of drug-likeness (QED) is 0.384. The van der Waals surface area contributed by atoms with Crippen LogP contribution in [0.15, 0.2) is 54.6 Å². The predicted molar refractivity (Wildman–Crippen MR) is 113 cm³/mol. The lowest BCUT2D eigenvalue weighted by atomic mass is 10.0. The zero-order chi connectivity index (χ0) is 19.3. The highest BCUT2D eigenvalue weighted by molar-refractivity contribution is 6.78. The fourth-order valence-corrected chi connectivity index (χ4v) is 9.43. The molecule has 0 saturated heterocycles. The Hall–Kier alpha value is -1.87. The van der Waals surface area contributed by atoms with E-state index in [1.54, 1.807) is 0 Å². The van der Waals surface area contributed by atoms with E-state index in [1.165, 1.54) is 0 Å². The second kappa shape index (κ2) is 8.68. The van der Waals surface area contributed by atoms with Crippen LogP contribution in [0.2, 0.25) is 16.6 Å². The Balaban J connectivity index is 2.24. The number of benzene rings is 2. The summed E-state index contributed by atoms with van der Waals surface area (Å²) >= 11 is 0. The van der Waals surface area contributed by atoms with E-state index in [0.29, 0.717) is 23.0 Å². The molecule has 0 saturated carbocycles. The summed E-state index contributed by atoms with van der Waals surface area (Å²) in [6.07, 6.45) is 0.404. The van der Waals surface area contributed by atoms with E-state index in [-0.39, 0.29) is 5.78 Å². The Morgan fingerprint density at radius 1 is 0.846 bits per heavy atom. The van der Waals surface area contributed by atoms with Crippen LogP contribution in [0, 0.1) is 0 Å². The third-order valence-electron chi connectivity index (χ3n) is 5.36. The minimum atomic E-state index is -1.98. The second-order valence-electron chi connectivity index (χ2n) is 8.03. The first kappa shape index (κ1) is 20.4. The van der Waals surface area contributed by atoms with Gasteiger partial charge in [-0.15, -0.1) is 0 Å². The van der Waals surface area contributed by atoms with Crippen molar-refractivity contribution in [3.63, 3.8) is 0 Å². The zero-order valence-electron chi connectivity index (χ0n) is 17.0. The molecule has 0 N–H and O–H groups in total. The van der Waals surface area contributed by atoms with Crippen LogP contribution in [-0.2, 0) is 6.42 Å². The average Bonchev–Trinajstić information content (AvgIpc) is 2.59. The van der Waals surface area contributed by atoms with Gasteiger partial charge in [0, 0.05) is 12.0 Å². The first-order chi connectivity index (χ1) is 12.3. The standard InChI is InChI=1S/C23H32O2Si/c1-17(2)26(18(3)4,19(5)6)25-22-14-10-11-20(15-22)16-23(24)21-12-8-7-9-13-21/h7-15,17-19H,16H2,1-6H3. The van der Waals surface area contributed by atoms with Crippen molar-refractivity contribution in [2.45, 2.75) is 64.6 Å². The molecule has 0 fully saturated rings. The zero-order valence-corrected chi connectivity index (χ0v) is 18.0. The highest BCUT2D eigenvalue weighted by Gasteiger charge is 2.46. The third-order valence-corrected chi connectivity index (χ3v) is 11.4. The predicted octanol–water partition coefficient (Wildman–Crippen LogP) is 6.67. The van der Waals surface area contributed by atoms with E-state index in [1.807, 2.05) is 48.5 Å². The van der Waals surface area contributed by atoms with Crippen molar-refractivity contribution in [2.75, 3.05) is 0 Å². The molecule has 0 aliphatic carbocycles. The summed E-state index contributed by atoms with van der Waals surface area (Å²) in [6.45, 7) is 13.7. The van der Waals surface area contributed by atoms with Gasteiger partial charge < -0.3 is 4.43 Å². The molecule has 0 amide bonds. The van der Waals surface area contributed by atoms with Crippen LogP contribution in [0.4, 0.5) is 0 Å². The van der Waals surface area contributed by atoms with Gasteiger partial charge in [0.15, 0.2) is 5.78 Å². The van der Waals surface area contributed by atoms with Crippen LogP contribution in [0.1, 0.15) is 57.5 Å². The van der Waals surface area contributed by atoms with E-state index in [0.717, 1.165) is 16.9 Å². The van der Waals surface area contributed by atoms with Gasteiger partial charge in [0.2, 0.25) is 0 Å². The number of hydrogen-bond acceptors (Lipinski definition) is 2. The summed E-state index contributed by atoms with van der Waals surface area (Å²) in [5.74, 6) is 1.05. The number of rotatable bonds is 8. The summed E-state index contributed by atoms with van der Waals surface area (Å²) in [5, 5.41) is 0. The Bertz CT molecular complexity index is 698. The summed E-state index contributed by atoms with van der Waals surface area (Å²) in [7, 11) is -1.98. The van der Waals surface area contributed by atoms with Crippen molar-refractivity contribution in [2.24, 2.45) is 0 Å². The lowest BCUT2D eigenvalue weighted by Crippen LogP contribution is -2.50. The van der Waals surface area contributed by atoms with Crippen LogP contribution in [0.3, 0.4) is 0 Å². The number of ketones is 1. The molecule has 0 unspecified atom stereocenters. The lowest BCUT2D eigenvalue weighted by Gasteiger charge is -2.42. The molecule has 0 aliphatic rings. The molecule has 0 bridgehead atoms. The highest BCUT2D eigenvalue weighted by atomic mass is 28.4. The number of hydrogen-bond donors (Lipinski definition) is 0. The van der Waals surface area contributed by atoms with E-state index < -0.39 is 8.32 Å². The topological polar surface area (TPSA) is 26.3 Å². The maximum atomic E-state index is 12.5. The number of carbonyl (C=O) groups is 1. The molecule has 0 aliphatic heterocycles. The van der Waals surface area contributed by atoms with Crippen molar-refractivity contribution >= 4 is 14.1 Å². The maximum Gasteiger partial charge on any atom is 0.258 e. The Labute approximate surface area is 159 Å². The number of carbonyl (C=O) groups excluding carboxylic acids is 1. The molecule has 2 nitrogen and oxygen atoms in total. The summed E-state index contributed by atoms with van der Waals surface area (Å²) in [6, 6.07) is 17.6. The molecule has 2 aromatic rings. The molecule has 0 aromatic heterocycles. The minimum Gasteiger partial charge on any atom is -0.543 e. The third kappa shape index (κ3) is 4.45. The summed E-state index contributed by atoms with van der Waals surface area (Å²) < 4.78 is 6.74. The van der Waals surface area contributed by atoms with Gasteiger partial charge in [0.25, 0.3) is 8.32 Å². The summed E-state index contributed by atoms with van der Waals surface area (Å²) in [4.78, 5) is 12.5. The van der Waals surface area contributed by atoms with Crippen molar-refractivity contribution in [3.05, 3.63) is 65.7 Å². The molecule has 3 heteroatoms. The average molecular weight is 369 g/mol. The van der Waals surface area contributed by atoms with E-state index >= 15 is 0 Å². The molecule has 140 valence electrons. The monoisotopic (exact) mass is 368 g/mol. The molecule has 0 atom stereocenters. The van der Waals surface area contributed by atoms with Gasteiger partial charge in [-0.25, -0.2) is 0 Å². The van der Waals surface area contributed by atoms with E-state index in [9.17, 15) is 4.79 Å². The van der Waals surface area contributed by atoms with Crippen LogP contribution in [-0.4, -0.2) is 14.1 Å². The van der Waals surface area contributed by atoms with Crippen LogP contribution in [0.5, 0.6) is 5.75 Å². The molecular weight excluding hydrogens is 336 g/mol. The van der Waals surface area contributed by atoms with E-state index in [2.05, 4.69) is 47.6 Å². The Morgan fingerprint density at radius 3 is 1.96 bits per heavy atom. The molecular formula is C23H32O2Si. The molecule has 2 rings (SSSR count). The first-order valence-electron chi connectivity index (χ1n) is 9.63. The fourth-order valence-electron chi connectivity index (χ4n) is 4.19. The van der Waals surface area contributed by atoms with Gasteiger partial charge in [-0.3, -0.25) is 4.79 Å². The molecule has 0 radical (unpaired) electrons. The van der Waals surface area contributed by atoms with Crippen molar-refractivity contribution in [1.29, 1.82) is 0 Å². The SMILES string of the molecule is CC(C)[Si](Oc1cccc(CC(=O)c2ccccc2)c1)(C(C)C)C(C)C. The second-order valence-corrected chi connectivity index (χ2v) is 13.4. The smallest absolute Gasteiger partial charge is 0.258 e. The minimum absolute atomic E-state index is 0.142. The van der Waals surface area contributed by atoms with Gasteiger partial charge in [-0.1, -0.05) is 84.0 Å². The van der Waals surface area contributed by atoms with Gasteiger partial charge in [-0.05, 0) is 34.3 Å². The normalized spacial score (nSPS) is 12.0. The molecule has 26 heavy (non-hydrogen) atoms. The molecule has 0 heterocycles. The molecule has 2 aromatic carbocycles. The lowest BCUT2D eigenvalue weighted by molar-refractivity contribution is 0.0993. The Morgan fingerprint density at radius 2 is 1.42 bits per heavy atom. The van der Waals surface area contributed by atoms with Crippen molar-refractivity contribution < 1.29 is 9.22 Å². The summed E-state index contributed by atoms with van der Waals surface area (Å²) in [5.41, 5.74) is 3.34. The fraction of sp³-hybridized carbons (Fsp3) is 0.435. The largest absolute Gasteiger partial charge is 0.543 e. The van der Waals surface area contributed by atoms with Gasteiger partial charge in [0.1, 0.15) is 5.75 Å². The number of Topliss-reactive ketones (excluding diaryl/α,β-unsaturated/α-hetero) is 1. The van der Waals surface area contributed by atoms with Gasteiger partial charge >= 0.3 is 0 Å². The maximum absolute atomic E-state index is 12.5. The van der Waals surface area contributed by atoms with Crippen molar-refractivity contribution in [1.82, 2.24) is 0 Å². The van der Waals surface area contributed by atoms with Crippen molar-refractivity contribution in [3.8, 4) is 5.75 Å². The first-order valence-corrected chi connectivity index (χ1v) is 11.8. The Kier molecular flexibility index (Phi) is 6.82. The van der Waals surface area contributed by atoms with E-state index in [4.69, 9.17) is 4.43 Å². The molecule has 0 spiro atoms. The van der Waals surface area contributed by atoms with Gasteiger partial charge in [0.05, 0.1) is 0 Å². The van der Waals surface area contributed by atoms with Gasteiger partial charge in [-0.2, -0.15) is 0 Å².